The molecule has 0 radical (unpaired) electrons. The van der Waals surface area contributed by atoms with Crippen molar-refractivity contribution in [1.29, 1.82) is 0 Å². The molecule has 1 aliphatic rings. The molecule has 0 aliphatic heterocycles. The van der Waals surface area contributed by atoms with Gasteiger partial charge in [-0.05, 0) is 41.7 Å². The van der Waals surface area contributed by atoms with Gasteiger partial charge in [0.2, 0.25) is 0 Å². The Morgan fingerprint density at radius 1 is 1.15 bits per heavy atom. The highest BCUT2D eigenvalue weighted by molar-refractivity contribution is 5.85. The van der Waals surface area contributed by atoms with E-state index in [0.717, 1.165) is 18.2 Å². The fraction of sp³-hybridized carbons (Fsp3) is 0.412. The summed E-state index contributed by atoms with van der Waals surface area (Å²) < 4.78 is 5.49. The van der Waals surface area contributed by atoms with Crippen LogP contribution in [0.25, 0.3) is 10.8 Å². The quantitative estimate of drug-likeness (QED) is 0.813. The Labute approximate surface area is 119 Å². The molecule has 0 heterocycles. The molecule has 1 fully saturated rings. The summed E-state index contributed by atoms with van der Waals surface area (Å²) >= 11 is 0. The predicted octanol–water partition coefficient (Wildman–Crippen LogP) is 3.04. The van der Waals surface area contributed by atoms with Crippen molar-refractivity contribution < 1.29 is 9.84 Å². The summed E-state index contributed by atoms with van der Waals surface area (Å²) in [6.45, 7) is 1.73. The van der Waals surface area contributed by atoms with Crippen LogP contribution in [0, 0.1) is 5.92 Å². The molecule has 0 spiro atoms. The van der Waals surface area contributed by atoms with E-state index in [1.165, 1.54) is 23.6 Å². The minimum absolute atomic E-state index is 0.414. The van der Waals surface area contributed by atoms with Crippen LogP contribution < -0.4 is 5.32 Å². The zero-order valence-corrected chi connectivity index (χ0v) is 11.6. The van der Waals surface area contributed by atoms with Gasteiger partial charge in [-0.15, -0.1) is 0 Å². The van der Waals surface area contributed by atoms with Crippen LogP contribution >= 0.6 is 0 Å². The lowest BCUT2D eigenvalue weighted by Gasteiger charge is -2.13. The van der Waals surface area contributed by atoms with Crippen molar-refractivity contribution in [2.45, 2.75) is 18.9 Å². The maximum atomic E-state index is 9.87. The van der Waals surface area contributed by atoms with E-state index in [4.69, 9.17) is 4.74 Å². The van der Waals surface area contributed by atoms with Gasteiger partial charge in [0.15, 0.2) is 0 Å². The Kier molecular flexibility index (Phi) is 4.19. The molecule has 0 bridgehead atoms. The first-order valence-corrected chi connectivity index (χ1v) is 7.30. The number of rotatable bonds is 7. The van der Waals surface area contributed by atoms with Gasteiger partial charge in [0, 0.05) is 18.8 Å². The van der Waals surface area contributed by atoms with Crippen LogP contribution in [-0.2, 0) is 4.74 Å². The smallest absolute Gasteiger partial charge is 0.0945 e. The van der Waals surface area contributed by atoms with Gasteiger partial charge >= 0.3 is 0 Å². The van der Waals surface area contributed by atoms with Gasteiger partial charge < -0.3 is 15.2 Å². The molecular formula is C17H21NO2. The molecule has 1 atom stereocenters. The summed E-state index contributed by atoms with van der Waals surface area (Å²) in [5.41, 5.74) is 1.03. The van der Waals surface area contributed by atoms with Gasteiger partial charge in [0.05, 0.1) is 12.7 Å². The number of aliphatic hydroxyl groups is 1. The molecule has 20 heavy (non-hydrogen) atoms. The lowest BCUT2D eigenvalue weighted by molar-refractivity contribution is 0.0386. The summed E-state index contributed by atoms with van der Waals surface area (Å²) in [7, 11) is 0. The van der Waals surface area contributed by atoms with E-state index >= 15 is 0 Å². The zero-order valence-electron chi connectivity index (χ0n) is 11.6. The third-order valence-corrected chi connectivity index (χ3v) is 3.65. The number of hydrogen-bond donors (Lipinski definition) is 2. The highest BCUT2D eigenvalue weighted by atomic mass is 16.5. The molecule has 106 valence electrons. The Morgan fingerprint density at radius 3 is 2.75 bits per heavy atom. The minimum Gasteiger partial charge on any atom is -0.389 e. The average molecular weight is 271 g/mol. The average Bonchev–Trinajstić information content (AvgIpc) is 3.29. The van der Waals surface area contributed by atoms with Crippen molar-refractivity contribution in [3.63, 3.8) is 0 Å². The second kappa shape index (κ2) is 6.25. The van der Waals surface area contributed by atoms with E-state index < -0.39 is 6.10 Å². The maximum absolute atomic E-state index is 9.87. The van der Waals surface area contributed by atoms with Crippen LogP contribution in [0.5, 0.6) is 0 Å². The monoisotopic (exact) mass is 271 g/mol. The van der Waals surface area contributed by atoms with E-state index in [9.17, 15) is 5.11 Å². The predicted molar refractivity (Wildman–Crippen MR) is 82.0 cm³/mol. The van der Waals surface area contributed by atoms with Crippen LogP contribution in [0.15, 0.2) is 42.5 Å². The van der Waals surface area contributed by atoms with Gasteiger partial charge in [0.1, 0.15) is 0 Å². The van der Waals surface area contributed by atoms with Crippen molar-refractivity contribution in [3.8, 4) is 0 Å². The number of ether oxygens (including phenoxy) is 1. The lowest BCUT2D eigenvalue weighted by Crippen LogP contribution is -2.25. The van der Waals surface area contributed by atoms with Crippen LogP contribution in [0.3, 0.4) is 0 Å². The van der Waals surface area contributed by atoms with Crippen molar-refractivity contribution in [1.82, 2.24) is 0 Å². The molecule has 1 aliphatic carbocycles. The number of hydrogen-bond acceptors (Lipinski definition) is 3. The Balaban J connectivity index is 1.48. The van der Waals surface area contributed by atoms with Gasteiger partial charge in [-0.25, -0.2) is 0 Å². The van der Waals surface area contributed by atoms with Crippen LogP contribution in [0.1, 0.15) is 12.8 Å². The number of fused-ring (bicyclic) bond motifs is 1. The largest absolute Gasteiger partial charge is 0.389 e. The molecule has 0 saturated heterocycles. The van der Waals surface area contributed by atoms with E-state index in [1.807, 2.05) is 18.2 Å². The third kappa shape index (κ3) is 3.71. The fourth-order valence-electron chi connectivity index (χ4n) is 2.25. The normalized spacial score (nSPS) is 16.2. The van der Waals surface area contributed by atoms with Gasteiger partial charge in [-0.3, -0.25) is 0 Å². The molecule has 0 amide bonds. The first kappa shape index (κ1) is 13.4. The number of anilines is 1. The highest BCUT2D eigenvalue weighted by Crippen LogP contribution is 2.28. The molecule has 3 nitrogen and oxygen atoms in total. The number of benzene rings is 2. The Morgan fingerprint density at radius 2 is 1.95 bits per heavy atom. The third-order valence-electron chi connectivity index (χ3n) is 3.65. The molecule has 2 N–H and O–H groups in total. The van der Waals surface area contributed by atoms with Crippen molar-refractivity contribution in [2.75, 3.05) is 25.1 Å². The molecule has 2 aromatic carbocycles. The summed E-state index contributed by atoms with van der Waals surface area (Å²) in [4.78, 5) is 0. The van der Waals surface area contributed by atoms with Crippen molar-refractivity contribution in [2.24, 2.45) is 5.92 Å². The first-order chi connectivity index (χ1) is 9.81. The van der Waals surface area contributed by atoms with Gasteiger partial charge in [-0.1, -0.05) is 30.3 Å². The summed E-state index contributed by atoms with van der Waals surface area (Å²) in [6, 6.07) is 14.5. The second-order valence-electron chi connectivity index (χ2n) is 5.58. The van der Waals surface area contributed by atoms with E-state index in [0.29, 0.717) is 13.2 Å². The second-order valence-corrected chi connectivity index (χ2v) is 5.58. The van der Waals surface area contributed by atoms with Crippen LogP contribution in [0.4, 0.5) is 5.69 Å². The fourth-order valence-corrected chi connectivity index (χ4v) is 2.25. The molecule has 2 aromatic rings. The molecule has 3 rings (SSSR count). The van der Waals surface area contributed by atoms with Crippen LogP contribution in [0.2, 0.25) is 0 Å². The lowest BCUT2D eigenvalue weighted by atomic mass is 10.1. The first-order valence-electron chi connectivity index (χ1n) is 7.30. The van der Waals surface area contributed by atoms with Gasteiger partial charge in [0.25, 0.3) is 0 Å². The Hall–Kier alpha value is -1.58. The SMILES string of the molecule is OC(CNc1ccc2ccccc2c1)COCC1CC1. The van der Waals surface area contributed by atoms with Crippen molar-refractivity contribution >= 4 is 16.5 Å². The summed E-state index contributed by atoms with van der Waals surface area (Å²) in [5.74, 6) is 0.746. The summed E-state index contributed by atoms with van der Waals surface area (Å²) in [5, 5.41) is 15.6. The number of nitrogens with one attached hydrogen (secondary N) is 1. The molecular weight excluding hydrogens is 250 g/mol. The molecule has 1 saturated carbocycles. The topological polar surface area (TPSA) is 41.5 Å². The molecule has 0 aromatic heterocycles. The minimum atomic E-state index is -0.458. The molecule has 3 heteroatoms. The van der Waals surface area contributed by atoms with E-state index in [-0.39, 0.29) is 0 Å². The molecule has 1 unspecified atom stereocenters. The Bertz CT molecular complexity index is 566. The van der Waals surface area contributed by atoms with Crippen LogP contribution in [-0.4, -0.2) is 31.0 Å². The maximum Gasteiger partial charge on any atom is 0.0945 e. The van der Waals surface area contributed by atoms with Gasteiger partial charge in [-0.2, -0.15) is 0 Å². The highest BCUT2D eigenvalue weighted by Gasteiger charge is 2.21. The number of aliphatic hydroxyl groups excluding tert-OH is 1. The van der Waals surface area contributed by atoms with E-state index in [1.54, 1.807) is 0 Å². The summed E-state index contributed by atoms with van der Waals surface area (Å²) in [6.07, 6.45) is 2.11. The zero-order chi connectivity index (χ0) is 13.8. The standard InChI is InChI=1S/C17H21NO2/c19-17(12-20-11-13-5-6-13)10-18-16-8-7-14-3-1-2-4-15(14)9-16/h1-4,7-9,13,17-19H,5-6,10-12H2. The van der Waals surface area contributed by atoms with E-state index in [2.05, 4.69) is 29.6 Å². The van der Waals surface area contributed by atoms with Crippen molar-refractivity contribution in [3.05, 3.63) is 42.5 Å².